The van der Waals surface area contributed by atoms with Crippen molar-refractivity contribution in [3.05, 3.63) is 40.5 Å². The molecule has 0 radical (unpaired) electrons. The Hall–Kier alpha value is -2.87. The zero-order valence-corrected chi connectivity index (χ0v) is 13.9. The number of H-pyrrole nitrogens is 1. The number of aromatic amines is 1. The van der Waals surface area contributed by atoms with E-state index in [0.29, 0.717) is 28.0 Å². The molecule has 122 valence electrons. The molecule has 0 aliphatic carbocycles. The zero-order chi connectivity index (χ0) is 16.7. The van der Waals surface area contributed by atoms with E-state index in [0.717, 1.165) is 16.1 Å². The minimum absolute atomic E-state index is 0.222. The fourth-order valence-corrected chi connectivity index (χ4v) is 3.14. The number of ether oxygens (including phenoxy) is 2. The van der Waals surface area contributed by atoms with Crippen molar-refractivity contribution >= 4 is 22.4 Å². The first kappa shape index (κ1) is 14.7. The summed E-state index contributed by atoms with van der Waals surface area (Å²) in [7, 11) is 0. The Morgan fingerprint density at radius 3 is 2.88 bits per heavy atom. The van der Waals surface area contributed by atoms with Crippen LogP contribution in [-0.2, 0) is 0 Å². The predicted molar refractivity (Wildman–Crippen MR) is 89.7 cm³/mol. The molecule has 0 saturated heterocycles. The molecule has 2 aromatic heterocycles. The number of fused-ring (bicyclic) bond motifs is 1. The van der Waals surface area contributed by atoms with Crippen molar-refractivity contribution in [1.29, 1.82) is 0 Å². The van der Waals surface area contributed by atoms with E-state index in [4.69, 9.17) is 9.47 Å². The van der Waals surface area contributed by atoms with Crippen LogP contribution in [0.1, 0.15) is 21.1 Å². The van der Waals surface area contributed by atoms with Crippen molar-refractivity contribution in [2.75, 3.05) is 12.1 Å². The highest BCUT2D eigenvalue weighted by atomic mass is 32.1. The highest BCUT2D eigenvalue weighted by Crippen LogP contribution is 2.35. The number of carbonyl (C=O) groups is 1. The zero-order valence-electron chi connectivity index (χ0n) is 13.0. The summed E-state index contributed by atoms with van der Waals surface area (Å²) in [4.78, 5) is 17.7. The van der Waals surface area contributed by atoms with Crippen molar-refractivity contribution in [1.82, 2.24) is 15.2 Å². The normalized spacial score (nSPS) is 12.4. The number of amides is 1. The molecule has 24 heavy (non-hydrogen) atoms. The fourth-order valence-electron chi connectivity index (χ4n) is 2.33. The molecule has 1 amide bonds. The van der Waals surface area contributed by atoms with E-state index in [9.17, 15) is 4.79 Å². The monoisotopic (exact) mass is 342 g/mol. The van der Waals surface area contributed by atoms with Crippen molar-refractivity contribution in [2.45, 2.75) is 13.8 Å². The van der Waals surface area contributed by atoms with Crippen molar-refractivity contribution in [3.63, 3.8) is 0 Å². The van der Waals surface area contributed by atoms with Gasteiger partial charge in [0.2, 0.25) is 6.79 Å². The number of hydrogen-bond donors (Lipinski definition) is 2. The van der Waals surface area contributed by atoms with Gasteiger partial charge in [0.25, 0.3) is 5.91 Å². The average molecular weight is 342 g/mol. The number of rotatable bonds is 3. The minimum Gasteiger partial charge on any atom is -0.454 e. The van der Waals surface area contributed by atoms with Crippen LogP contribution in [-0.4, -0.2) is 27.9 Å². The Labute approximate surface area is 141 Å². The summed E-state index contributed by atoms with van der Waals surface area (Å²) < 4.78 is 10.7. The molecule has 0 bridgehead atoms. The molecular formula is C16H14N4O3S. The average Bonchev–Trinajstić information content (AvgIpc) is 3.27. The summed E-state index contributed by atoms with van der Waals surface area (Å²) in [5.41, 5.74) is 2.79. The smallest absolute Gasteiger partial charge is 0.275 e. The van der Waals surface area contributed by atoms with Crippen molar-refractivity contribution < 1.29 is 14.3 Å². The highest BCUT2D eigenvalue weighted by molar-refractivity contribution is 7.15. The molecule has 0 atom stereocenters. The lowest BCUT2D eigenvalue weighted by Crippen LogP contribution is -2.12. The first-order valence-corrected chi connectivity index (χ1v) is 8.12. The van der Waals surface area contributed by atoms with Gasteiger partial charge in [-0.2, -0.15) is 5.10 Å². The number of aryl methyl sites for hydroxylation is 2. The molecule has 8 heteroatoms. The standard InChI is InChI=1S/C16H14N4O3S/c1-8-9(2)24-16(17-8)18-15(21)12-6-11(19-20-12)10-3-4-13-14(5-10)23-7-22-13/h3-6H,7H2,1-2H3,(H,19,20)(H,17,18,21). The second kappa shape index (κ2) is 5.64. The minimum atomic E-state index is -0.275. The summed E-state index contributed by atoms with van der Waals surface area (Å²) >= 11 is 1.45. The Bertz CT molecular complexity index is 912. The van der Waals surface area contributed by atoms with Gasteiger partial charge >= 0.3 is 0 Å². The SMILES string of the molecule is Cc1nc(NC(=O)c2cc(-c3ccc4c(c3)OCO4)n[nH]2)sc1C. The molecule has 0 unspecified atom stereocenters. The lowest BCUT2D eigenvalue weighted by atomic mass is 10.1. The molecule has 1 aromatic carbocycles. The molecule has 1 aliphatic heterocycles. The van der Waals surface area contributed by atoms with Gasteiger partial charge in [-0.15, -0.1) is 11.3 Å². The molecule has 3 aromatic rings. The Kier molecular flexibility index (Phi) is 3.46. The lowest BCUT2D eigenvalue weighted by molar-refractivity contribution is 0.102. The maximum Gasteiger partial charge on any atom is 0.275 e. The fraction of sp³-hybridized carbons (Fsp3) is 0.188. The molecule has 0 fully saturated rings. The Morgan fingerprint density at radius 2 is 2.08 bits per heavy atom. The summed E-state index contributed by atoms with van der Waals surface area (Å²) in [5, 5.41) is 10.3. The molecule has 7 nitrogen and oxygen atoms in total. The van der Waals surface area contributed by atoms with E-state index in [-0.39, 0.29) is 12.7 Å². The molecule has 3 heterocycles. The lowest BCUT2D eigenvalue weighted by Gasteiger charge is -1.99. The number of nitrogens with zero attached hydrogens (tertiary/aromatic N) is 2. The van der Waals surface area contributed by atoms with E-state index in [1.807, 2.05) is 32.0 Å². The first-order valence-electron chi connectivity index (χ1n) is 7.31. The van der Waals surface area contributed by atoms with Gasteiger partial charge < -0.3 is 9.47 Å². The van der Waals surface area contributed by atoms with Crippen LogP contribution in [0.2, 0.25) is 0 Å². The van der Waals surface area contributed by atoms with Crippen LogP contribution in [0.25, 0.3) is 11.3 Å². The van der Waals surface area contributed by atoms with E-state index < -0.39 is 0 Å². The van der Waals surface area contributed by atoms with E-state index in [1.165, 1.54) is 11.3 Å². The number of thiazole rings is 1. The van der Waals surface area contributed by atoms with Crippen LogP contribution < -0.4 is 14.8 Å². The number of aromatic nitrogens is 3. The van der Waals surface area contributed by atoms with Gasteiger partial charge in [-0.25, -0.2) is 4.98 Å². The van der Waals surface area contributed by atoms with Crippen LogP contribution in [0.4, 0.5) is 5.13 Å². The van der Waals surface area contributed by atoms with Crippen LogP contribution >= 0.6 is 11.3 Å². The van der Waals surface area contributed by atoms with Crippen LogP contribution in [0.3, 0.4) is 0 Å². The number of anilines is 1. The summed E-state index contributed by atoms with van der Waals surface area (Å²) in [6, 6.07) is 7.24. The summed E-state index contributed by atoms with van der Waals surface area (Å²) in [5.74, 6) is 1.11. The van der Waals surface area contributed by atoms with Gasteiger partial charge in [0.15, 0.2) is 16.6 Å². The second-order valence-corrected chi connectivity index (χ2v) is 6.55. The van der Waals surface area contributed by atoms with Gasteiger partial charge in [0, 0.05) is 10.4 Å². The molecule has 1 aliphatic rings. The molecule has 0 spiro atoms. The van der Waals surface area contributed by atoms with Crippen LogP contribution in [0.15, 0.2) is 24.3 Å². The van der Waals surface area contributed by atoms with E-state index in [2.05, 4.69) is 20.5 Å². The highest BCUT2D eigenvalue weighted by Gasteiger charge is 2.17. The van der Waals surface area contributed by atoms with Gasteiger partial charge in [-0.05, 0) is 38.1 Å². The Morgan fingerprint density at radius 1 is 1.25 bits per heavy atom. The van der Waals surface area contributed by atoms with Gasteiger partial charge in [-0.1, -0.05) is 0 Å². The van der Waals surface area contributed by atoms with E-state index in [1.54, 1.807) is 6.07 Å². The van der Waals surface area contributed by atoms with Gasteiger partial charge in [0.1, 0.15) is 5.69 Å². The molecular weight excluding hydrogens is 328 g/mol. The maximum atomic E-state index is 12.3. The number of benzene rings is 1. The molecule has 0 saturated carbocycles. The van der Waals surface area contributed by atoms with Crippen molar-refractivity contribution in [2.24, 2.45) is 0 Å². The maximum absolute atomic E-state index is 12.3. The number of nitrogens with one attached hydrogen (secondary N) is 2. The third kappa shape index (κ3) is 2.61. The van der Waals surface area contributed by atoms with Crippen LogP contribution in [0.5, 0.6) is 11.5 Å². The van der Waals surface area contributed by atoms with Crippen molar-refractivity contribution in [3.8, 4) is 22.8 Å². The predicted octanol–water partition coefficient (Wildman–Crippen LogP) is 3.13. The number of hydrogen-bond acceptors (Lipinski definition) is 6. The third-order valence-corrected chi connectivity index (χ3v) is 4.73. The van der Waals surface area contributed by atoms with Gasteiger partial charge in [-0.3, -0.25) is 15.2 Å². The number of carbonyl (C=O) groups excluding carboxylic acids is 1. The molecule has 2 N–H and O–H groups in total. The Balaban J connectivity index is 1.55. The van der Waals surface area contributed by atoms with E-state index >= 15 is 0 Å². The topological polar surface area (TPSA) is 89.1 Å². The summed E-state index contributed by atoms with van der Waals surface area (Å²) in [6.07, 6.45) is 0. The summed E-state index contributed by atoms with van der Waals surface area (Å²) in [6.45, 7) is 4.10. The molecule has 4 rings (SSSR count). The first-order chi connectivity index (χ1) is 11.6. The largest absolute Gasteiger partial charge is 0.454 e. The van der Waals surface area contributed by atoms with Crippen LogP contribution in [0, 0.1) is 13.8 Å². The quantitative estimate of drug-likeness (QED) is 0.763. The third-order valence-electron chi connectivity index (χ3n) is 3.74. The second-order valence-electron chi connectivity index (χ2n) is 5.35. The van der Waals surface area contributed by atoms with Gasteiger partial charge in [0.05, 0.1) is 11.4 Å².